The largest absolute Gasteiger partial charge is 0.300 e. The minimum atomic E-state index is 0.460. The van der Waals surface area contributed by atoms with Gasteiger partial charge in [-0.15, -0.1) is 0 Å². The van der Waals surface area contributed by atoms with Gasteiger partial charge < -0.3 is 0 Å². The van der Waals surface area contributed by atoms with Gasteiger partial charge in [-0.2, -0.15) is 0 Å². The second kappa shape index (κ2) is 16.2. The molecule has 3 rings (SSSR count). The predicted octanol–water partition coefficient (Wildman–Crippen LogP) is 10.1. The first-order valence-corrected chi connectivity index (χ1v) is 14.6. The van der Waals surface area contributed by atoms with E-state index >= 15 is 0 Å². The molecule has 2 aromatic carbocycles. The normalized spacial score (nSPS) is 15.5. The Morgan fingerprint density at radius 1 is 0.743 bits per heavy atom. The van der Waals surface area contributed by atoms with Crippen LogP contribution in [0.25, 0.3) is 0 Å². The highest BCUT2D eigenvalue weighted by Crippen LogP contribution is 2.36. The highest BCUT2D eigenvalue weighted by atomic mass is 15.1. The van der Waals surface area contributed by atoms with Crippen molar-refractivity contribution in [3.8, 4) is 0 Å². The molecule has 0 aliphatic heterocycles. The molecule has 1 fully saturated rings. The van der Waals surface area contributed by atoms with Gasteiger partial charge in [-0.3, -0.25) is 4.90 Å². The fourth-order valence-electron chi connectivity index (χ4n) is 5.97. The molecule has 1 aliphatic carbocycles. The van der Waals surface area contributed by atoms with Crippen LogP contribution < -0.4 is 0 Å². The van der Waals surface area contributed by atoms with Gasteiger partial charge in [0.2, 0.25) is 0 Å². The topological polar surface area (TPSA) is 3.24 Å². The second-order valence-corrected chi connectivity index (χ2v) is 10.3. The molecule has 2 atom stereocenters. The zero-order valence-corrected chi connectivity index (χ0v) is 25.2. The van der Waals surface area contributed by atoms with Crippen molar-refractivity contribution in [2.24, 2.45) is 11.8 Å². The van der Waals surface area contributed by atoms with Crippen LogP contribution in [0.1, 0.15) is 118 Å². The van der Waals surface area contributed by atoms with Crippen molar-refractivity contribution in [3.05, 3.63) is 69.3 Å². The molecule has 1 nitrogen and oxygen atoms in total. The molecule has 1 aliphatic rings. The fourth-order valence-corrected chi connectivity index (χ4v) is 5.97. The highest BCUT2D eigenvalue weighted by Gasteiger charge is 2.26. The van der Waals surface area contributed by atoms with Crippen molar-refractivity contribution in [2.45, 2.75) is 120 Å². The maximum absolute atomic E-state index is 2.62. The third kappa shape index (κ3) is 8.49. The Bertz CT molecular complexity index is 816. The van der Waals surface area contributed by atoms with E-state index < -0.39 is 0 Å². The van der Waals surface area contributed by atoms with Crippen molar-refractivity contribution in [2.75, 3.05) is 13.6 Å². The molecule has 0 spiro atoms. The quantitative estimate of drug-likeness (QED) is 0.364. The summed E-state index contributed by atoms with van der Waals surface area (Å²) in [5.41, 5.74) is 10.5. The molecule has 35 heavy (non-hydrogen) atoms. The lowest BCUT2D eigenvalue weighted by Crippen LogP contribution is -2.29. The lowest BCUT2D eigenvalue weighted by atomic mass is 9.76. The first kappa shape index (κ1) is 31.4. The van der Waals surface area contributed by atoms with Crippen LogP contribution in [-0.4, -0.2) is 18.5 Å². The van der Waals surface area contributed by atoms with Gasteiger partial charge in [-0.05, 0) is 119 Å². The summed E-state index contributed by atoms with van der Waals surface area (Å²) in [7, 11) is 2.34. The molecule has 0 N–H and O–H groups in total. The third-order valence-corrected chi connectivity index (χ3v) is 8.65. The summed E-state index contributed by atoms with van der Waals surface area (Å²) in [6.07, 6.45) is 9.73. The SMILES string of the molecule is CC.CC.Cc1c(C)c(C)c(C(C)N(C)CCC(Cc2ccccc2)C2CCCCC2)c(C)c1C. The van der Waals surface area contributed by atoms with E-state index in [2.05, 4.69) is 83.8 Å². The number of hydrogen-bond acceptors (Lipinski definition) is 1. The zero-order valence-electron chi connectivity index (χ0n) is 25.2. The zero-order chi connectivity index (χ0) is 26.5. The number of rotatable bonds is 8. The minimum Gasteiger partial charge on any atom is -0.300 e. The van der Waals surface area contributed by atoms with Gasteiger partial charge in [-0.1, -0.05) is 90.1 Å². The van der Waals surface area contributed by atoms with E-state index in [1.165, 1.54) is 84.9 Å². The van der Waals surface area contributed by atoms with Crippen LogP contribution in [0, 0.1) is 46.5 Å². The van der Waals surface area contributed by atoms with Crippen LogP contribution >= 0.6 is 0 Å². The molecule has 198 valence electrons. The predicted molar refractivity (Wildman–Crippen MR) is 159 cm³/mol. The van der Waals surface area contributed by atoms with Gasteiger partial charge in [-0.25, -0.2) is 0 Å². The lowest BCUT2D eigenvalue weighted by molar-refractivity contribution is 0.187. The third-order valence-electron chi connectivity index (χ3n) is 8.65. The van der Waals surface area contributed by atoms with Crippen LogP contribution in [-0.2, 0) is 6.42 Å². The fraction of sp³-hybridized carbons (Fsp3) is 0.647. The molecule has 0 aromatic heterocycles. The molecular formula is C34H57N. The Balaban J connectivity index is 0.00000145. The first-order chi connectivity index (χ1) is 16.8. The summed E-state index contributed by atoms with van der Waals surface area (Å²) in [6, 6.07) is 11.7. The Hall–Kier alpha value is -1.60. The summed E-state index contributed by atoms with van der Waals surface area (Å²) in [5.74, 6) is 1.71. The minimum absolute atomic E-state index is 0.460. The van der Waals surface area contributed by atoms with Crippen molar-refractivity contribution in [3.63, 3.8) is 0 Å². The molecule has 0 heterocycles. The molecule has 1 heteroatoms. The Kier molecular flexibility index (Phi) is 14.6. The summed E-state index contributed by atoms with van der Waals surface area (Å²) in [4.78, 5) is 2.62. The van der Waals surface area contributed by atoms with E-state index in [9.17, 15) is 0 Å². The average molecular weight is 480 g/mol. The van der Waals surface area contributed by atoms with E-state index in [1.807, 2.05) is 27.7 Å². The average Bonchev–Trinajstić information content (AvgIpc) is 2.92. The molecule has 0 amide bonds. The number of nitrogens with zero attached hydrogens (tertiary/aromatic N) is 1. The van der Waals surface area contributed by atoms with Crippen molar-refractivity contribution < 1.29 is 0 Å². The van der Waals surface area contributed by atoms with Crippen LogP contribution in [0.2, 0.25) is 0 Å². The molecule has 2 unspecified atom stereocenters. The highest BCUT2D eigenvalue weighted by molar-refractivity contribution is 5.50. The van der Waals surface area contributed by atoms with Gasteiger partial charge in [0.25, 0.3) is 0 Å². The maximum Gasteiger partial charge on any atom is 0.0322 e. The molecule has 0 radical (unpaired) electrons. The lowest BCUT2D eigenvalue weighted by Gasteiger charge is -2.34. The molecule has 0 bridgehead atoms. The van der Waals surface area contributed by atoms with Gasteiger partial charge >= 0.3 is 0 Å². The van der Waals surface area contributed by atoms with Gasteiger partial charge in [0, 0.05) is 6.04 Å². The van der Waals surface area contributed by atoms with Crippen molar-refractivity contribution >= 4 is 0 Å². The standard InChI is InChI=1S/C30H45N.2C2H6/c1-21-22(2)24(4)30(25(5)23(21)3)26(6)31(7)19-18-29(28-16-12-9-13-17-28)20-27-14-10-8-11-15-27;2*1-2/h8,10-11,14-15,26,28-29H,9,12-13,16-20H2,1-7H3;2*1-2H3. The van der Waals surface area contributed by atoms with E-state index in [1.54, 1.807) is 5.56 Å². The Morgan fingerprint density at radius 3 is 1.74 bits per heavy atom. The van der Waals surface area contributed by atoms with E-state index in [4.69, 9.17) is 0 Å². The van der Waals surface area contributed by atoms with Crippen molar-refractivity contribution in [1.29, 1.82) is 0 Å². The molecule has 1 saturated carbocycles. The monoisotopic (exact) mass is 479 g/mol. The van der Waals surface area contributed by atoms with Gasteiger partial charge in [0.15, 0.2) is 0 Å². The Morgan fingerprint density at radius 2 is 1.23 bits per heavy atom. The van der Waals surface area contributed by atoms with Crippen LogP contribution in [0.4, 0.5) is 0 Å². The summed E-state index contributed by atoms with van der Waals surface area (Å²) in [5, 5.41) is 0. The summed E-state index contributed by atoms with van der Waals surface area (Å²) < 4.78 is 0. The van der Waals surface area contributed by atoms with E-state index in [-0.39, 0.29) is 0 Å². The number of benzene rings is 2. The molecule has 0 saturated heterocycles. The second-order valence-electron chi connectivity index (χ2n) is 10.3. The van der Waals surface area contributed by atoms with Crippen molar-refractivity contribution in [1.82, 2.24) is 4.90 Å². The number of hydrogen-bond donors (Lipinski definition) is 0. The van der Waals surface area contributed by atoms with Crippen LogP contribution in [0.15, 0.2) is 30.3 Å². The molecular weight excluding hydrogens is 422 g/mol. The van der Waals surface area contributed by atoms with E-state index in [0.717, 1.165) is 11.8 Å². The summed E-state index contributed by atoms with van der Waals surface area (Å²) in [6.45, 7) is 23.1. The van der Waals surface area contributed by atoms with Crippen LogP contribution in [0.5, 0.6) is 0 Å². The maximum atomic E-state index is 2.62. The first-order valence-electron chi connectivity index (χ1n) is 14.6. The van der Waals surface area contributed by atoms with Crippen LogP contribution in [0.3, 0.4) is 0 Å². The smallest absolute Gasteiger partial charge is 0.0322 e. The van der Waals surface area contributed by atoms with E-state index in [0.29, 0.717) is 6.04 Å². The Labute approximate surface area is 219 Å². The van der Waals surface area contributed by atoms with Gasteiger partial charge in [0.1, 0.15) is 0 Å². The molecule has 2 aromatic rings. The van der Waals surface area contributed by atoms with Gasteiger partial charge in [0.05, 0.1) is 0 Å². The summed E-state index contributed by atoms with van der Waals surface area (Å²) >= 11 is 0.